The van der Waals surface area contributed by atoms with Crippen LogP contribution in [-0.4, -0.2) is 0 Å². The molecule has 0 saturated carbocycles. The summed E-state index contributed by atoms with van der Waals surface area (Å²) in [6.45, 7) is 8.48. The van der Waals surface area contributed by atoms with E-state index in [0.29, 0.717) is 5.92 Å². The van der Waals surface area contributed by atoms with E-state index in [1.807, 2.05) is 0 Å². The van der Waals surface area contributed by atoms with Gasteiger partial charge in [0.2, 0.25) is 0 Å². The summed E-state index contributed by atoms with van der Waals surface area (Å²) in [5.74, 6) is 1.99. The zero-order valence-corrected chi connectivity index (χ0v) is 10.7. The van der Waals surface area contributed by atoms with Gasteiger partial charge < -0.3 is 0 Å². The van der Waals surface area contributed by atoms with Gasteiger partial charge in [0.15, 0.2) is 0 Å². The third-order valence-electron chi connectivity index (χ3n) is 2.54. The molecule has 0 saturated heterocycles. The highest BCUT2D eigenvalue weighted by Gasteiger charge is 1.88. The molecule has 1 aliphatic carbocycles. The number of allylic oxidation sites excluding steroid dienone is 4. The summed E-state index contributed by atoms with van der Waals surface area (Å²) in [4.78, 5) is 0. The van der Waals surface area contributed by atoms with Crippen LogP contribution in [0.3, 0.4) is 0 Å². The van der Waals surface area contributed by atoms with Crippen molar-refractivity contribution in [1.82, 2.24) is 0 Å². The van der Waals surface area contributed by atoms with Crippen LogP contribution in [0.1, 0.15) is 25.0 Å². The molecule has 0 heteroatoms. The molecule has 86 valence electrons. The first kappa shape index (κ1) is 12.6. The standard InChI is InChI=1S/C8H11.C8H10/c2*1-7-3-5-8(2)6-4-7/h3-7H,1-2H3;3-6H,1-2H3/q-1;. The lowest BCUT2D eigenvalue weighted by atomic mass is 9.99. The van der Waals surface area contributed by atoms with Gasteiger partial charge in [-0.25, -0.2) is 0 Å². The Morgan fingerprint density at radius 2 is 1.25 bits per heavy atom. The number of hydrogen-bond acceptors (Lipinski definition) is 0. The Morgan fingerprint density at radius 3 is 1.56 bits per heavy atom. The van der Waals surface area contributed by atoms with Gasteiger partial charge in [0.25, 0.3) is 0 Å². The van der Waals surface area contributed by atoms with Crippen LogP contribution < -0.4 is 0 Å². The lowest BCUT2D eigenvalue weighted by molar-refractivity contribution is 0.915. The molecule has 16 heavy (non-hydrogen) atoms. The summed E-state index contributed by atoms with van der Waals surface area (Å²) in [6, 6.07) is 8.48. The molecular formula is C16H21-. The normalized spacial score (nSPS) is 14.6. The Kier molecular flexibility index (Phi) is 4.91. The van der Waals surface area contributed by atoms with Crippen LogP contribution in [0.2, 0.25) is 0 Å². The summed E-state index contributed by atoms with van der Waals surface area (Å²) in [5.41, 5.74) is 2.66. The van der Waals surface area contributed by atoms with E-state index >= 15 is 0 Å². The van der Waals surface area contributed by atoms with E-state index in [1.165, 1.54) is 17.0 Å². The fourth-order valence-corrected chi connectivity index (χ4v) is 1.36. The van der Waals surface area contributed by atoms with Crippen LogP contribution in [0.25, 0.3) is 0 Å². The smallest absolute Gasteiger partial charge is 0.0398 e. The molecule has 0 atom stereocenters. The van der Waals surface area contributed by atoms with Gasteiger partial charge >= 0.3 is 0 Å². The largest absolute Gasteiger partial charge is 0.184 e. The Balaban J connectivity index is 0.000000160. The zero-order valence-electron chi connectivity index (χ0n) is 10.7. The van der Waals surface area contributed by atoms with E-state index in [4.69, 9.17) is 0 Å². The van der Waals surface area contributed by atoms with Crippen molar-refractivity contribution in [3.05, 3.63) is 65.6 Å². The third kappa shape index (κ3) is 4.88. The van der Waals surface area contributed by atoms with Crippen molar-refractivity contribution in [3.63, 3.8) is 0 Å². The number of hydrogen-bond donors (Lipinski definition) is 0. The fourth-order valence-electron chi connectivity index (χ4n) is 1.36. The predicted octanol–water partition coefficient (Wildman–Crippen LogP) is 4.65. The van der Waals surface area contributed by atoms with E-state index in [1.54, 1.807) is 0 Å². The maximum Gasteiger partial charge on any atom is -0.0398 e. The average Bonchev–Trinajstić information content (AvgIpc) is 2.28. The highest BCUT2D eigenvalue weighted by Crippen LogP contribution is 2.13. The van der Waals surface area contributed by atoms with Crippen molar-refractivity contribution in [2.75, 3.05) is 0 Å². The summed E-state index contributed by atoms with van der Waals surface area (Å²) in [6.07, 6.45) is 8.72. The number of aryl methyl sites for hydroxylation is 2. The molecule has 0 radical (unpaired) electrons. The highest BCUT2D eigenvalue weighted by molar-refractivity contribution is 5.26. The molecule has 0 N–H and O–H groups in total. The lowest BCUT2D eigenvalue weighted by Gasteiger charge is -2.17. The summed E-state index contributed by atoms with van der Waals surface area (Å²) < 4.78 is 0. The van der Waals surface area contributed by atoms with Gasteiger partial charge in [0.05, 0.1) is 0 Å². The maximum atomic E-state index is 2.20. The average molecular weight is 213 g/mol. The number of rotatable bonds is 0. The third-order valence-corrected chi connectivity index (χ3v) is 2.54. The van der Waals surface area contributed by atoms with Crippen LogP contribution in [0.5, 0.6) is 0 Å². The molecule has 0 spiro atoms. The lowest BCUT2D eigenvalue weighted by Crippen LogP contribution is -1.91. The van der Waals surface area contributed by atoms with Crippen molar-refractivity contribution in [1.29, 1.82) is 0 Å². The fraction of sp³-hybridized carbons (Fsp3) is 0.312. The molecule has 0 unspecified atom stereocenters. The molecule has 0 fully saturated rings. The molecule has 0 bridgehead atoms. The second kappa shape index (κ2) is 6.22. The van der Waals surface area contributed by atoms with Crippen molar-refractivity contribution < 1.29 is 0 Å². The van der Waals surface area contributed by atoms with Crippen LogP contribution in [0.15, 0.2) is 48.6 Å². The molecule has 0 aromatic heterocycles. The summed E-state index contributed by atoms with van der Waals surface area (Å²) in [5, 5.41) is 0. The van der Waals surface area contributed by atoms with Gasteiger partial charge in [0.1, 0.15) is 0 Å². The molecule has 0 aliphatic heterocycles. The number of benzene rings is 1. The SMILES string of the molecule is C[C-]1C=CC(C)C=C1.Cc1ccc(C)cc1. The Bertz CT molecular complexity index is 305. The van der Waals surface area contributed by atoms with Crippen molar-refractivity contribution in [3.8, 4) is 0 Å². The molecule has 0 amide bonds. The van der Waals surface area contributed by atoms with E-state index in [9.17, 15) is 0 Å². The zero-order chi connectivity index (χ0) is 12.0. The van der Waals surface area contributed by atoms with Crippen molar-refractivity contribution in [2.24, 2.45) is 5.92 Å². The van der Waals surface area contributed by atoms with Gasteiger partial charge in [-0.05, 0) is 13.8 Å². The van der Waals surface area contributed by atoms with E-state index in [0.717, 1.165) is 0 Å². The molecule has 1 aromatic rings. The minimum absolute atomic E-state index is 0.638. The molecule has 0 heterocycles. The minimum atomic E-state index is 0.638. The van der Waals surface area contributed by atoms with Crippen LogP contribution >= 0.6 is 0 Å². The first-order valence-corrected chi connectivity index (χ1v) is 5.81. The molecule has 1 aliphatic rings. The Morgan fingerprint density at radius 1 is 0.875 bits per heavy atom. The Hall–Kier alpha value is -1.43. The summed E-state index contributed by atoms with van der Waals surface area (Å²) in [7, 11) is 0. The molecule has 1 aromatic carbocycles. The highest BCUT2D eigenvalue weighted by atomic mass is 14.0. The van der Waals surface area contributed by atoms with Gasteiger partial charge in [-0.3, -0.25) is 0 Å². The van der Waals surface area contributed by atoms with Crippen molar-refractivity contribution >= 4 is 0 Å². The predicted molar refractivity (Wildman–Crippen MR) is 72.3 cm³/mol. The van der Waals surface area contributed by atoms with Crippen LogP contribution in [0.4, 0.5) is 0 Å². The van der Waals surface area contributed by atoms with Gasteiger partial charge in [-0.15, -0.1) is 0 Å². The maximum absolute atomic E-state index is 2.20. The monoisotopic (exact) mass is 213 g/mol. The topological polar surface area (TPSA) is 0 Å². The van der Waals surface area contributed by atoms with E-state index in [2.05, 4.69) is 76.3 Å². The van der Waals surface area contributed by atoms with Crippen LogP contribution in [0, 0.1) is 25.7 Å². The first-order chi connectivity index (χ1) is 7.58. The van der Waals surface area contributed by atoms with E-state index < -0.39 is 0 Å². The molecule has 0 nitrogen and oxygen atoms in total. The van der Waals surface area contributed by atoms with E-state index in [-0.39, 0.29) is 0 Å². The Labute approximate surface area is 99.7 Å². The minimum Gasteiger partial charge on any atom is -0.184 e. The molecular weight excluding hydrogens is 192 g/mol. The van der Waals surface area contributed by atoms with Gasteiger partial charge in [0, 0.05) is 0 Å². The molecule has 2 rings (SSSR count). The van der Waals surface area contributed by atoms with Crippen LogP contribution in [-0.2, 0) is 0 Å². The summed E-state index contributed by atoms with van der Waals surface area (Å²) >= 11 is 0. The first-order valence-electron chi connectivity index (χ1n) is 5.81. The van der Waals surface area contributed by atoms with Crippen molar-refractivity contribution in [2.45, 2.75) is 27.7 Å². The second-order valence-electron chi connectivity index (χ2n) is 4.48. The second-order valence-corrected chi connectivity index (χ2v) is 4.48. The van der Waals surface area contributed by atoms with Gasteiger partial charge in [-0.1, -0.05) is 55.2 Å². The van der Waals surface area contributed by atoms with Gasteiger partial charge in [-0.2, -0.15) is 30.2 Å². The quantitative estimate of drug-likeness (QED) is 0.550.